The summed E-state index contributed by atoms with van der Waals surface area (Å²) in [5.74, 6) is 0.732. The van der Waals surface area contributed by atoms with Crippen LogP contribution in [0.4, 0.5) is 4.79 Å². The molecule has 2 aliphatic carbocycles. The van der Waals surface area contributed by atoms with E-state index in [1.54, 1.807) is 29.2 Å². The molecular formula is C57H76N2O11. The van der Waals surface area contributed by atoms with Crippen LogP contribution in [0.15, 0.2) is 90.1 Å². The molecule has 4 aliphatic rings. The summed E-state index contributed by atoms with van der Waals surface area (Å²) in [7, 11) is 0. The van der Waals surface area contributed by atoms with Gasteiger partial charge in [-0.15, -0.1) is 6.58 Å². The number of amides is 1. The summed E-state index contributed by atoms with van der Waals surface area (Å²) in [5, 5.41) is 24.9. The second-order valence-corrected chi connectivity index (χ2v) is 19.1. The number of allylic oxidation sites excluding steroid dienone is 1. The van der Waals surface area contributed by atoms with Gasteiger partial charge in [-0.2, -0.15) is 0 Å². The number of aldehydes is 1. The Morgan fingerprint density at radius 1 is 0.843 bits per heavy atom. The molecule has 1 fully saturated rings. The number of hydrogen-bond acceptors (Lipinski definition) is 12. The fourth-order valence-corrected chi connectivity index (χ4v) is 11.0. The molecule has 1 amide bonds. The van der Waals surface area contributed by atoms with E-state index in [1.807, 2.05) is 49.4 Å². The predicted molar refractivity (Wildman–Crippen MR) is 270 cm³/mol. The van der Waals surface area contributed by atoms with Crippen molar-refractivity contribution in [2.45, 2.75) is 147 Å². The topological polar surface area (TPSA) is 155 Å². The maximum Gasteiger partial charge on any atom is 0.410 e. The molecule has 1 saturated carbocycles. The number of aliphatic hydroxyl groups is 2. The van der Waals surface area contributed by atoms with Crippen LogP contribution in [0.1, 0.15) is 150 Å². The molecule has 3 aromatic carbocycles. The van der Waals surface area contributed by atoms with Gasteiger partial charge in [0.2, 0.25) is 12.6 Å². The molecule has 70 heavy (non-hydrogen) atoms. The Kier molecular flexibility index (Phi) is 20.0. The van der Waals surface area contributed by atoms with Crippen LogP contribution >= 0.6 is 0 Å². The number of hydrogen-bond donors (Lipinski definition) is 2. The van der Waals surface area contributed by atoms with Crippen LogP contribution in [0.2, 0.25) is 0 Å². The molecular weight excluding hydrogens is 889 g/mol. The van der Waals surface area contributed by atoms with Crippen molar-refractivity contribution in [3.05, 3.63) is 102 Å². The quantitative estimate of drug-likeness (QED) is 0.0284. The summed E-state index contributed by atoms with van der Waals surface area (Å²) in [6.07, 6.45) is 20.7. The molecule has 2 heterocycles. The normalized spacial score (nSPS) is 22.3. The molecule has 0 aromatic heterocycles. The smallest absolute Gasteiger partial charge is 0.410 e. The number of unbranched alkanes of at least 4 members (excludes halogenated alkanes) is 11. The zero-order valence-electron chi connectivity index (χ0n) is 41.5. The van der Waals surface area contributed by atoms with E-state index in [9.17, 15) is 15.0 Å². The van der Waals surface area contributed by atoms with E-state index in [0.29, 0.717) is 59.5 Å². The first-order valence-electron chi connectivity index (χ1n) is 26.1. The van der Waals surface area contributed by atoms with Gasteiger partial charge in [0, 0.05) is 43.2 Å². The van der Waals surface area contributed by atoms with Gasteiger partial charge in [-0.1, -0.05) is 113 Å². The summed E-state index contributed by atoms with van der Waals surface area (Å²) in [4.78, 5) is 34.5. The predicted octanol–water partition coefficient (Wildman–Crippen LogP) is 12.2. The summed E-state index contributed by atoms with van der Waals surface area (Å²) in [6, 6.07) is 17.8. The van der Waals surface area contributed by atoms with Crippen LogP contribution in [0, 0.1) is 17.8 Å². The van der Waals surface area contributed by atoms with Crippen molar-refractivity contribution in [1.82, 2.24) is 4.90 Å². The lowest BCUT2D eigenvalue weighted by atomic mass is 9.55. The Balaban J connectivity index is 1.32. The molecule has 13 heteroatoms. The number of fused-ring (bicyclic) bond motifs is 3. The largest absolute Gasteiger partial charge is 0.459 e. The standard InChI is InChI=1S/C57H76N2O11/c1-4-7-8-9-10-11-12-13-14-19-32-64-56(63)59(38-41-25-27-51-52(34-41)66-40-65-51)53-37-49(58-68-6-3)47-35-43(22-15-17-29-60)46(24-16-18-30-61)54-48-36-45(69-44-23-20-21-42(33-44)39-62)26-28-50(48)70-57(53,55(47)54)67-31-5-2/h5,20-21,23,25-28,33-36,39,43,46,53-55,60-61H,2,4,6-19,22,24,29-32,37-38,40H2,1,3H3. The maximum atomic E-state index is 15.1. The zero-order valence-corrected chi connectivity index (χ0v) is 41.5. The number of carbonyl (C=O) groups is 2. The van der Waals surface area contributed by atoms with Gasteiger partial charge in [-0.05, 0) is 104 Å². The highest BCUT2D eigenvalue weighted by Gasteiger charge is 2.65. The van der Waals surface area contributed by atoms with Crippen molar-refractivity contribution < 1.29 is 53.1 Å². The van der Waals surface area contributed by atoms with Gasteiger partial charge in [0.25, 0.3) is 0 Å². The van der Waals surface area contributed by atoms with Gasteiger partial charge < -0.3 is 43.5 Å². The van der Waals surface area contributed by atoms with Crippen molar-refractivity contribution >= 4 is 18.1 Å². The molecule has 6 atom stereocenters. The van der Waals surface area contributed by atoms with E-state index in [2.05, 4.69) is 19.6 Å². The van der Waals surface area contributed by atoms with Crippen LogP contribution in [0.25, 0.3) is 0 Å². The molecule has 3 aromatic rings. The first-order chi connectivity index (χ1) is 34.4. The molecule has 0 radical (unpaired) electrons. The number of carbonyl (C=O) groups excluding carboxylic acids is 2. The molecule has 2 aliphatic heterocycles. The minimum absolute atomic E-state index is 0.0136. The van der Waals surface area contributed by atoms with Crippen molar-refractivity contribution in [3.8, 4) is 28.7 Å². The second-order valence-electron chi connectivity index (χ2n) is 19.1. The average Bonchev–Trinajstić information content (AvgIpc) is 3.85. The summed E-state index contributed by atoms with van der Waals surface area (Å²) in [6.45, 7) is 9.37. The van der Waals surface area contributed by atoms with Crippen LogP contribution in [-0.4, -0.2) is 84.9 Å². The molecule has 0 bridgehead atoms. The molecule has 2 N–H and O–H groups in total. The van der Waals surface area contributed by atoms with Gasteiger partial charge in [-0.3, -0.25) is 9.69 Å². The number of rotatable bonds is 30. The van der Waals surface area contributed by atoms with Crippen LogP contribution in [-0.2, 0) is 20.9 Å². The Hall–Kier alpha value is -5.37. The fourth-order valence-electron chi connectivity index (χ4n) is 11.0. The van der Waals surface area contributed by atoms with Crippen molar-refractivity contribution in [1.29, 1.82) is 0 Å². The third-order valence-corrected chi connectivity index (χ3v) is 14.3. The van der Waals surface area contributed by atoms with Crippen LogP contribution in [0.5, 0.6) is 28.7 Å². The van der Waals surface area contributed by atoms with Crippen molar-refractivity contribution in [2.24, 2.45) is 22.9 Å². The minimum Gasteiger partial charge on any atom is -0.459 e. The van der Waals surface area contributed by atoms with E-state index in [0.717, 1.165) is 67.9 Å². The summed E-state index contributed by atoms with van der Waals surface area (Å²) < 4.78 is 38.9. The lowest BCUT2D eigenvalue weighted by molar-refractivity contribution is -0.256. The first kappa shape index (κ1) is 52.5. The number of aliphatic hydroxyl groups excluding tert-OH is 2. The molecule has 7 rings (SSSR count). The average molecular weight is 965 g/mol. The number of oxime groups is 1. The lowest BCUT2D eigenvalue weighted by Gasteiger charge is -2.59. The monoisotopic (exact) mass is 965 g/mol. The Morgan fingerprint density at radius 2 is 1.57 bits per heavy atom. The molecule has 13 nitrogen and oxygen atoms in total. The van der Waals surface area contributed by atoms with Gasteiger partial charge >= 0.3 is 6.09 Å². The van der Waals surface area contributed by atoms with Crippen LogP contribution < -0.4 is 18.9 Å². The number of ether oxygens (including phenoxy) is 6. The van der Waals surface area contributed by atoms with Gasteiger partial charge in [0.15, 0.2) is 11.5 Å². The van der Waals surface area contributed by atoms with Crippen LogP contribution in [0.3, 0.4) is 0 Å². The van der Waals surface area contributed by atoms with Gasteiger partial charge in [-0.25, -0.2) is 4.79 Å². The Labute approximate surface area is 415 Å². The Bertz CT molecular complexity index is 2230. The number of nitrogens with zero attached hydrogens (tertiary/aromatic N) is 2. The van der Waals surface area contributed by atoms with E-state index in [1.165, 1.54) is 44.9 Å². The zero-order chi connectivity index (χ0) is 49.1. The SMILES string of the molecule is C=CCOC12Oc3ccc(Oc4cccc(C=O)c4)cc3C3C(CCCCO)C(CCCCO)C=C(C(=NOCC)CC1N(Cc1ccc4c(c1)OCO4)C(=O)OCCCCCCCCCCCC)C32. The van der Waals surface area contributed by atoms with E-state index < -0.39 is 23.8 Å². The Morgan fingerprint density at radius 3 is 2.31 bits per heavy atom. The number of benzene rings is 3. The van der Waals surface area contributed by atoms with Crippen molar-refractivity contribution in [2.75, 3.05) is 39.8 Å². The first-order valence-corrected chi connectivity index (χ1v) is 26.1. The highest BCUT2D eigenvalue weighted by atomic mass is 16.7. The van der Waals surface area contributed by atoms with E-state index in [4.69, 9.17) is 38.4 Å². The van der Waals surface area contributed by atoms with Gasteiger partial charge in [0.1, 0.15) is 36.2 Å². The van der Waals surface area contributed by atoms with Crippen molar-refractivity contribution in [3.63, 3.8) is 0 Å². The molecule has 0 spiro atoms. The fraction of sp³-hybridized carbons (Fsp3) is 0.561. The van der Waals surface area contributed by atoms with Gasteiger partial charge in [0.05, 0.1) is 24.8 Å². The summed E-state index contributed by atoms with van der Waals surface area (Å²) in [5.41, 5.74) is 3.86. The second kappa shape index (κ2) is 26.7. The third kappa shape index (κ3) is 12.9. The molecule has 6 unspecified atom stereocenters. The lowest BCUT2D eigenvalue weighted by Crippen LogP contribution is -2.70. The highest BCUT2D eigenvalue weighted by molar-refractivity contribution is 6.03. The molecule has 380 valence electrons. The minimum atomic E-state index is -1.48. The molecule has 0 saturated heterocycles. The third-order valence-electron chi connectivity index (χ3n) is 14.3. The van der Waals surface area contributed by atoms with E-state index in [-0.39, 0.29) is 63.9 Å². The summed E-state index contributed by atoms with van der Waals surface area (Å²) >= 11 is 0. The van der Waals surface area contributed by atoms with E-state index >= 15 is 4.79 Å². The highest BCUT2D eigenvalue weighted by Crippen LogP contribution is 2.62. The maximum absolute atomic E-state index is 15.1.